The highest BCUT2D eigenvalue weighted by Crippen LogP contribution is 2.56. The molecule has 0 unspecified atom stereocenters. The molecule has 0 fully saturated rings. The summed E-state index contributed by atoms with van der Waals surface area (Å²) in [6, 6.07) is 33.8. The molecule has 0 saturated heterocycles. The van der Waals surface area contributed by atoms with Crippen LogP contribution >= 0.6 is 7.26 Å². The van der Waals surface area contributed by atoms with E-state index in [1.165, 1.54) is 79.9 Å². The van der Waals surface area contributed by atoms with Gasteiger partial charge in [0.25, 0.3) is 0 Å². The van der Waals surface area contributed by atoms with Crippen molar-refractivity contribution >= 4 is 23.2 Å². The second kappa shape index (κ2) is 18.6. The van der Waals surface area contributed by atoms with Gasteiger partial charge in [0.1, 0.15) is 23.2 Å². The average Bonchev–Trinajstić information content (AvgIpc) is 3.11. The number of rotatable bonds is 20. The molecule has 46 heavy (non-hydrogen) atoms. The lowest BCUT2D eigenvalue weighted by Gasteiger charge is -2.27. The molecule has 4 rings (SSSR count). The Morgan fingerprint density at radius 3 is 1.15 bits per heavy atom. The van der Waals surface area contributed by atoms with E-state index in [-0.39, 0.29) is 0 Å². The number of hydrogen-bond acceptors (Lipinski definition) is 4. The van der Waals surface area contributed by atoms with Crippen LogP contribution in [0.2, 0.25) is 0 Å². The molecule has 0 aliphatic heterocycles. The minimum atomic E-state index is -1.70. The van der Waals surface area contributed by atoms with Gasteiger partial charge in [-0.2, -0.15) is 0 Å². The van der Waals surface area contributed by atoms with Crippen LogP contribution in [-0.2, 0) is 6.42 Å². The van der Waals surface area contributed by atoms with E-state index in [1.54, 1.807) is 28.4 Å². The van der Waals surface area contributed by atoms with Gasteiger partial charge in [0.05, 0.1) is 34.6 Å². The molecule has 0 aliphatic rings. The third-order valence-corrected chi connectivity index (χ3v) is 13.8. The molecule has 4 aromatic rings. The molecule has 0 bridgehead atoms. The first-order valence-electron chi connectivity index (χ1n) is 17.0. The smallest absolute Gasteiger partial charge is 0.207 e. The normalized spacial score (nSPS) is 11.3. The van der Waals surface area contributed by atoms with Gasteiger partial charge in [-0.1, -0.05) is 99.5 Å². The molecule has 246 valence electrons. The van der Waals surface area contributed by atoms with Gasteiger partial charge in [-0.15, -0.1) is 0 Å². The van der Waals surface area contributed by atoms with E-state index >= 15 is 0 Å². The molecule has 4 aromatic carbocycles. The van der Waals surface area contributed by atoms with Gasteiger partial charge in [0.15, 0.2) is 11.5 Å². The number of benzene rings is 4. The van der Waals surface area contributed by atoms with E-state index < -0.39 is 7.26 Å². The van der Waals surface area contributed by atoms with E-state index in [2.05, 4.69) is 97.9 Å². The molecule has 0 amide bonds. The molecular weight excluding hydrogens is 587 g/mol. The number of methoxy groups -OCH3 is 4. The van der Waals surface area contributed by atoms with Crippen molar-refractivity contribution in [2.45, 2.75) is 77.6 Å². The third-order valence-electron chi connectivity index (χ3n) is 9.26. The number of unbranched alkanes of at least 4 members (excludes halogenated alkanes) is 9. The van der Waals surface area contributed by atoms with Crippen LogP contribution in [0.1, 0.15) is 75.3 Å². The fourth-order valence-corrected chi connectivity index (χ4v) is 11.3. The summed E-state index contributed by atoms with van der Waals surface area (Å²) in [5.74, 6) is 2.68. The lowest BCUT2D eigenvalue weighted by Crippen LogP contribution is -2.33. The van der Waals surface area contributed by atoms with Gasteiger partial charge in [0.2, 0.25) is 11.5 Å². The van der Waals surface area contributed by atoms with Crippen LogP contribution in [0.4, 0.5) is 0 Å². The van der Waals surface area contributed by atoms with Crippen LogP contribution in [0.25, 0.3) is 0 Å². The summed E-state index contributed by atoms with van der Waals surface area (Å²) in [7, 11) is 4.95. The van der Waals surface area contributed by atoms with Crippen molar-refractivity contribution in [1.82, 2.24) is 0 Å². The Morgan fingerprint density at radius 1 is 0.413 bits per heavy atom. The lowest BCUT2D eigenvalue weighted by atomic mass is 9.98. The summed E-state index contributed by atoms with van der Waals surface area (Å²) in [5, 5.41) is 4.48. The predicted molar refractivity (Wildman–Crippen MR) is 197 cm³/mol. The van der Waals surface area contributed by atoms with Gasteiger partial charge < -0.3 is 18.9 Å². The summed E-state index contributed by atoms with van der Waals surface area (Å²) in [6.45, 7) is 2.07. The fraction of sp³-hybridized carbons (Fsp3) is 0.415. The standard InChI is InChI=1S/C41H54O4P/c1-33-37(39(43-3)41(45-5)40(44-4)38(33)42-2)31-23-12-10-8-6-7-9-11-13-24-32-46(34-25-17-14-18-26-34,35-27-19-15-20-28-35)36-29-21-16-22-30-36/h14-22,25-30H,6-13,23-24,31-32H2,1-5H3/q+1. The Morgan fingerprint density at radius 2 is 0.761 bits per heavy atom. The zero-order valence-electron chi connectivity index (χ0n) is 28.7. The molecular formula is C41H54O4P+. The highest BCUT2D eigenvalue weighted by atomic mass is 31.2. The summed E-state index contributed by atoms with van der Waals surface area (Å²) in [6.07, 6.45) is 14.9. The van der Waals surface area contributed by atoms with Gasteiger partial charge in [-0.3, -0.25) is 0 Å². The van der Waals surface area contributed by atoms with Crippen LogP contribution in [0.3, 0.4) is 0 Å². The maximum atomic E-state index is 5.77. The molecule has 0 heterocycles. The highest BCUT2D eigenvalue weighted by molar-refractivity contribution is 7.95. The zero-order chi connectivity index (χ0) is 32.6. The Labute approximate surface area is 278 Å². The molecule has 0 N–H and O–H groups in total. The average molecular weight is 642 g/mol. The molecule has 0 spiro atoms. The Balaban J connectivity index is 1.22. The van der Waals surface area contributed by atoms with Crippen molar-refractivity contribution in [2.24, 2.45) is 0 Å². The molecule has 0 aromatic heterocycles. The summed E-state index contributed by atoms with van der Waals surface area (Å²) >= 11 is 0. The molecule has 0 saturated carbocycles. The largest absolute Gasteiger partial charge is 0.492 e. The van der Waals surface area contributed by atoms with Gasteiger partial charge in [0, 0.05) is 11.1 Å². The number of ether oxygens (including phenoxy) is 4. The van der Waals surface area contributed by atoms with Crippen LogP contribution < -0.4 is 34.9 Å². The van der Waals surface area contributed by atoms with Crippen molar-refractivity contribution in [3.8, 4) is 23.0 Å². The minimum absolute atomic E-state index is 0.590. The molecule has 0 aliphatic carbocycles. The summed E-state index contributed by atoms with van der Waals surface area (Å²) < 4.78 is 22.7. The first kappa shape index (κ1) is 35.4. The third kappa shape index (κ3) is 8.45. The quantitative estimate of drug-likeness (QED) is 0.0712. The van der Waals surface area contributed by atoms with E-state index in [4.69, 9.17) is 18.9 Å². The monoisotopic (exact) mass is 641 g/mol. The van der Waals surface area contributed by atoms with Crippen LogP contribution in [0, 0.1) is 6.92 Å². The van der Waals surface area contributed by atoms with Crippen LogP contribution in [0.5, 0.6) is 23.0 Å². The maximum Gasteiger partial charge on any atom is 0.207 e. The Hall–Kier alpha value is -3.49. The van der Waals surface area contributed by atoms with E-state index in [9.17, 15) is 0 Å². The number of hydrogen-bond donors (Lipinski definition) is 0. The maximum absolute atomic E-state index is 5.77. The summed E-state index contributed by atoms with van der Waals surface area (Å²) in [5.41, 5.74) is 2.21. The first-order chi connectivity index (χ1) is 22.6. The topological polar surface area (TPSA) is 36.9 Å². The predicted octanol–water partition coefficient (Wildman–Crippen LogP) is 9.47. The van der Waals surface area contributed by atoms with E-state index in [0.717, 1.165) is 35.5 Å². The van der Waals surface area contributed by atoms with E-state index in [0.29, 0.717) is 11.5 Å². The summed E-state index contributed by atoms with van der Waals surface area (Å²) in [4.78, 5) is 0. The Bertz CT molecular complexity index is 1340. The van der Waals surface area contributed by atoms with Crippen molar-refractivity contribution in [2.75, 3.05) is 34.6 Å². The highest BCUT2D eigenvalue weighted by Gasteiger charge is 2.44. The molecule has 0 atom stereocenters. The second-order valence-electron chi connectivity index (χ2n) is 12.1. The molecule has 0 radical (unpaired) electrons. The first-order valence-corrected chi connectivity index (χ1v) is 19.0. The fourth-order valence-electron chi connectivity index (χ4n) is 6.90. The SMILES string of the molecule is COc1c(C)c(CCCCCCCCCCCC[P+](c2ccccc2)(c2ccccc2)c2ccccc2)c(OC)c(OC)c1OC. The lowest BCUT2D eigenvalue weighted by molar-refractivity contribution is 0.302. The van der Waals surface area contributed by atoms with Crippen molar-refractivity contribution in [3.63, 3.8) is 0 Å². The zero-order valence-corrected chi connectivity index (χ0v) is 29.6. The Kier molecular flexibility index (Phi) is 14.3. The van der Waals surface area contributed by atoms with Crippen molar-refractivity contribution in [1.29, 1.82) is 0 Å². The van der Waals surface area contributed by atoms with Crippen LogP contribution in [0.15, 0.2) is 91.0 Å². The van der Waals surface area contributed by atoms with Gasteiger partial charge >= 0.3 is 0 Å². The second-order valence-corrected chi connectivity index (χ2v) is 15.7. The molecule has 5 heteroatoms. The van der Waals surface area contributed by atoms with Crippen LogP contribution in [-0.4, -0.2) is 34.6 Å². The van der Waals surface area contributed by atoms with Crippen molar-refractivity contribution in [3.05, 3.63) is 102 Å². The molecule has 4 nitrogen and oxygen atoms in total. The van der Waals surface area contributed by atoms with Crippen molar-refractivity contribution < 1.29 is 18.9 Å². The minimum Gasteiger partial charge on any atom is -0.492 e. The van der Waals surface area contributed by atoms with Gasteiger partial charge in [-0.05, 0) is 69.0 Å². The van der Waals surface area contributed by atoms with Gasteiger partial charge in [-0.25, -0.2) is 0 Å². The van der Waals surface area contributed by atoms with E-state index in [1.807, 2.05) is 0 Å².